The highest BCUT2D eigenvalue weighted by atomic mass is 16.2. The maximum atomic E-state index is 12.4. The van der Waals surface area contributed by atoms with E-state index in [0.29, 0.717) is 23.1 Å². The molecule has 1 fully saturated rings. The van der Waals surface area contributed by atoms with Crippen molar-refractivity contribution >= 4 is 11.6 Å². The van der Waals surface area contributed by atoms with Crippen LogP contribution < -0.4 is 5.32 Å². The average molecular weight is 285 g/mol. The highest BCUT2D eigenvalue weighted by Gasteiger charge is 2.28. The van der Waals surface area contributed by atoms with E-state index in [0.717, 1.165) is 13.1 Å². The third kappa shape index (κ3) is 3.83. The molecule has 1 N–H and O–H groups in total. The fourth-order valence-corrected chi connectivity index (χ4v) is 3.12. The minimum absolute atomic E-state index is 0.0426. The normalized spacial score (nSPS) is 24.1. The first-order chi connectivity index (χ1) is 10.0. The summed E-state index contributed by atoms with van der Waals surface area (Å²) in [6.45, 7) is 8.32. The van der Waals surface area contributed by atoms with Gasteiger partial charge in [-0.1, -0.05) is 26.0 Å². The number of hydrogen-bond donors (Lipinski definition) is 1. The van der Waals surface area contributed by atoms with Crippen molar-refractivity contribution in [3.8, 4) is 6.07 Å². The van der Waals surface area contributed by atoms with Gasteiger partial charge in [-0.15, -0.1) is 0 Å². The van der Waals surface area contributed by atoms with Gasteiger partial charge in [0.1, 0.15) is 6.07 Å². The zero-order valence-electron chi connectivity index (χ0n) is 13.0. The van der Waals surface area contributed by atoms with Gasteiger partial charge in [-0.3, -0.25) is 9.69 Å². The third-order valence-corrected chi connectivity index (χ3v) is 4.13. The Bertz CT molecular complexity index is 539. The quantitative estimate of drug-likeness (QED) is 0.929. The van der Waals surface area contributed by atoms with Gasteiger partial charge in [-0.2, -0.15) is 5.26 Å². The second-order valence-electron chi connectivity index (χ2n) is 6.22. The molecule has 0 radical (unpaired) electrons. The molecule has 21 heavy (non-hydrogen) atoms. The van der Waals surface area contributed by atoms with Crippen molar-refractivity contribution in [2.75, 3.05) is 18.4 Å². The molecule has 1 heterocycles. The van der Waals surface area contributed by atoms with Crippen molar-refractivity contribution in [1.29, 1.82) is 5.26 Å². The SMILES string of the molecule is CC1CC(C)CN(C(C)C(=O)Nc2ccccc2C#N)C1. The largest absolute Gasteiger partial charge is 0.324 e. The first-order valence-corrected chi connectivity index (χ1v) is 7.55. The number of nitrogens with zero attached hydrogens (tertiary/aromatic N) is 2. The van der Waals surface area contributed by atoms with Crippen molar-refractivity contribution in [2.45, 2.75) is 33.2 Å². The summed E-state index contributed by atoms with van der Waals surface area (Å²) in [5.41, 5.74) is 1.09. The van der Waals surface area contributed by atoms with E-state index in [-0.39, 0.29) is 11.9 Å². The number of likely N-dealkylation sites (tertiary alicyclic amines) is 1. The summed E-state index contributed by atoms with van der Waals surface area (Å²) < 4.78 is 0. The minimum atomic E-state index is -0.179. The van der Waals surface area contributed by atoms with Gasteiger partial charge in [0, 0.05) is 13.1 Å². The van der Waals surface area contributed by atoms with E-state index in [9.17, 15) is 4.79 Å². The van der Waals surface area contributed by atoms with Crippen LogP contribution in [-0.2, 0) is 4.79 Å². The monoisotopic (exact) mass is 285 g/mol. The molecular weight excluding hydrogens is 262 g/mol. The molecule has 3 atom stereocenters. The number of piperidine rings is 1. The van der Waals surface area contributed by atoms with Crippen molar-refractivity contribution < 1.29 is 4.79 Å². The Morgan fingerprint density at radius 1 is 1.33 bits per heavy atom. The van der Waals surface area contributed by atoms with Crippen LogP contribution >= 0.6 is 0 Å². The van der Waals surface area contributed by atoms with Crippen molar-refractivity contribution in [1.82, 2.24) is 4.90 Å². The minimum Gasteiger partial charge on any atom is -0.324 e. The molecule has 1 saturated heterocycles. The average Bonchev–Trinajstić information content (AvgIpc) is 2.46. The highest BCUT2D eigenvalue weighted by molar-refractivity contribution is 5.95. The van der Waals surface area contributed by atoms with Gasteiger partial charge in [-0.05, 0) is 37.3 Å². The van der Waals surface area contributed by atoms with Crippen LogP contribution in [0.1, 0.15) is 32.8 Å². The molecule has 0 saturated carbocycles. The van der Waals surface area contributed by atoms with Crippen molar-refractivity contribution in [2.24, 2.45) is 11.8 Å². The number of anilines is 1. The summed E-state index contributed by atoms with van der Waals surface area (Å²) in [6, 6.07) is 9.03. The van der Waals surface area contributed by atoms with Gasteiger partial charge < -0.3 is 5.32 Å². The topological polar surface area (TPSA) is 56.1 Å². The summed E-state index contributed by atoms with van der Waals surface area (Å²) in [5, 5.41) is 12.0. The number of carbonyl (C=O) groups excluding carboxylic acids is 1. The van der Waals surface area contributed by atoms with Crippen molar-refractivity contribution in [3.05, 3.63) is 29.8 Å². The molecule has 112 valence electrons. The van der Waals surface area contributed by atoms with E-state index in [4.69, 9.17) is 5.26 Å². The van der Waals surface area contributed by atoms with Crippen LogP contribution in [0.4, 0.5) is 5.69 Å². The van der Waals surface area contributed by atoms with Gasteiger partial charge in [0.25, 0.3) is 0 Å². The summed E-state index contributed by atoms with van der Waals surface area (Å²) in [4.78, 5) is 14.7. The second kappa shape index (κ2) is 6.73. The van der Waals surface area contributed by atoms with Gasteiger partial charge >= 0.3 is 0 Å². The van der Waals surface area contributed by atoms with E-state index in [1.165, 1.54) is 6.42 Å². The van der Waals surface area contributed by atoms with Gasteiger partial charge in [-0.25, -0.2) is 0 Å². The molecule has 1 amide bonds. The lowest BCUT2D eigenvalue weighted by atomic mass is 9.91. The first kappa shape index (κ1) is 15.5. The third-order valence-electron chi connectivity index (χ3n) is 4.13. The maximum absolute atomic E-state index is 12.4. The number of benzene rings is 1. The van der Waals surface area contributed by atoms with Crippen LogP contribution in [0.3, 0.4) is 0 Å². The Balaban J connectivity index is 2.04. The number of hydrogen-bond acceptors (Lipinski definition) is 3. The van der Waals surface area contributed by atoms with E-state index in [1.807, 2.05) is 13.0 Å². The predicted octanol–water partition coefficient (Wildman–Crippen LogP) is 2.86. The number of nitrogens with one attached hydrogen (secondary N) is 1. The van der Waals surface area contributed by atoms with E-state index >= 15 is 0 Å². The zero-order valence-corrected chi connectivity index (χ0v) is 13.0. The molecule has 1 aromatic carbocycles. The summed E-state index contributed by atoms with van der Waals surface area (Å²) >= 11 is 0. The lowest BCUT2D eigenvalue weighted by Crippen LogP contribution is -2.48. The molecular formula is C17H23N3O. The standard InChI is InChI=1S/C17H23N3O/c1-12-8-13(2)11-20(10-12)14(3)17(21)19-16-7-5-4-6-15(16)9-18/h4-7,12-14H,8,10-11H2,1-3H3,(H,19,21). The Labute approximate surface area is 126 Å². The number of nitriles is 1. The molecule has 1 aliphatic heterocycles. The summed E-state index contributed by atoms with van der Waals surface area (Å²) in [6.07, 6.45) is 1.22. The second-order valence-corrected chi connectivity index (χ2v) is 6.22. The first-order valence-electron chi connectivity index (χ1n) is 7.55. The Kier molecular flexibility index (Phi) is 4.98. The zero-order chi connectivity index (χ0) is 15.4. The van der Waals surface area contributed by atoms with Crippen LogP contribution in [0.15, 0.2) is 24.3 Å². The van der Waals surface area contributed by atoms with Gasteiger partial charge in [0.05, 0.1) is 17.3 Å². The lowest BCUT2D eigenvalue weighted by molar-refractivity contribution is -0.121. The van der Waals surface area contributed by atoms with E-state index < -0.39 is 0 Å². The number of amides is 1. The van der Waals surface area contributed by atoms with Crippen LogP contribution in [0.2, 0.25) is 0 Å². The Morgan fingerprint density at radius 3 is 2.57 bits per heavy atom. The lowest BCUT2D eigenvalue weighted by Gasteiger charge is -2.38. The molecule has 3 unspecified atom stereocenters. The Hall–Kier alpha value is -1.86. The molecule has 0 bridgehead atoms. The number of para-hydroxylation sites is 1. The molecule has 4 heteroatoms. The Morgan fingerprint density at radius 2 is 1.95 bits per heavy atom. The van der Waals surface area contributed by atoms with E-state index in [1.54, 1.807) is 18.2 Å². The van der Waals surface area contributed by atoms with Crippen LogP contribution in [0.25, 0.3) is 0 Å². The highest BCUT2D eigenvalue weighted by Crippen LogP contribution is 2.23. The molecule has 2 rings (SSSR count). The summed E-state index contributed by atoms with van der Waals surface area (Å²) in [7, 11) is 0. The fourth-order valence-electron chi connectivity index (χ4n) is 3.12. The van der Waals surface area contributed by atoms with E-state index in [2.05, 4.69) is 30.1 Å². The molecule has 1 aliphatic rings. The van der Waals surface area contributed by atoms with Crippen LogP contribution in [0.5, 0.6) is 0 Å². The summed E-state index contributed by atoms with van der Waals surface area (Å²) in [5.74, 6) is 1.20. The molecule has 0 spiro atoms. The van der Waals surface area contributed by atoms with Gasteiger partial charge in [0.2, 0.25) is 5.91 Å². The smallest absolute Gasteiger partial charge is 0.241 e. The molecule has 4 nitrogen and oxygen atoms in total. The maximum Gasteiger partial charge on any atom is 0.241 e. The van der Waals surface area contributed by atoms with Crippen molar-refractivity contribution in [3.63, 3.8) is 0 Å². The molecule has 0 aromatic heterocycles. The van der Waals surface area contributed by atoms with Gasteiger partial charge in [0.15, 0.2) is 0 Å². The predicted molar refractivity (Wildman–Crippen MR) is 83.8 cm³/mol. The van der Waals surface area contributed by atoms with Crippen LogP contribution in [-0.4, -0.2) is 29.9 Å². The molecule has 0 aliphatic carbocycles. The fraction of sp³-hybridized carbons (Fsp3) is 0.529. The number of rotatable bonds is 3. The van der Waals surface area contributed by atoms with Crippen LogP contribution in [0, 0.1) is 23.2 Å². The number of carbonyl (C=O) groups is 1. The molecule has 1 aromatic rings.